The van der Waals surface area contributed by atoms with Gasteiger partial charge in [0, 0.05) is 19.5 Å². The molecule has 1 atom stereocenters. The maximum Gasteiger partial charge on any atom is 0.339 e. The van der Waals surface area contributed by atoms with E-state index in [4.69, 9.17) is 4.74 Å². The van der Waals surface area contributed by atoms with Gasteiger partial charge in [0.1, 0.15) is 0 Å². The van der Waals surface area contributed by atoms with Crippen LogP contribution >= 0.6 is 0 Å². The lowest BCUT2D eigenvalue weighted by Crippen LogP contribution is -2.27. The molecule has 4 nitrogen and oxygen atoms in total. The molecular weight excluding hydrogens is 254 g/mol. The van der Waals surface area contributed by atoms with E-state index in [2.05, 4.69) is 5.32 Å². The molecule has 1 unspecified atom stereocenters. The van der Waals surface area contributed by atoms with Gasteiger partial charge in [0.25, 0.3) is 0 Å². The molecule has 1 aliphatic rings. The number of hydrogen-bond donors (Lipinski definition) is 1. The third-order valence-corrected chi connectivity index (χ3v) is 3.59. The van der Waals surface area contributed by atoms with Crippen molar-refractivity contribution in [3.8, 4) is 0 Å². The molecule has 0 aliphatic carbocycles. The van der Waals surface area contributed by atoms with Crippen LogP contribution in [0.3, 0.4) is 0 Å². The van der Waals surface area contributed by atoms with E-state index in [1.807, 2.05) is 26.0 Å². The fourth-order valence-electron chi connectivity index (χ4n) is 2.50. The van der Waals surface area contributed by atoms with Crippen molar-refractivity contribution in [2.75, 3.05) is 0 Å². The highest BCUT2D eigenvalue weighted by Crippen LogP contribution is 2.21. The summed E-state index contributed by atoms with van der Waals surface area (Å²) in [7, 11) is 0. The SMILES string of the molecule is CCCC(=O)C(CC)OC(=O)c1cccc2c1CNC2. The molecule has 2 rings (SSSR count). The van der Waals surface area contributed by atoms with Crippen LogP contribution in [0.25, 0.3) is 0 Å². The van der Waals surface area contributed by atoms with Crippen molar-refractivity contribution in [3.05, 3.63) is 34.9 Å². The Bertz CT molecular complexity index is 510. The summed E-state index contributed by atoms with van der Waals surface area (Å²) in [6.45, 7) is 5.27. The molecule has 4 heteroatoms. The zero-order valence-electron chi connectivity index (χ0n) is 12.1. The summed E-state index contributed by atoms with van der Waals surface area (Å²) in [5.41, 5.74) is 2.71. The Balaban J connectivity index is 2.12. The largest absolute Gasteiger partial charge is 0.451 e. The van der Waals surface area contributed by atoms with Gasteiger partial charge in [0.2, 0.25) is 0 Å². The molecule has 1 aromatic rings. The molecule has 0 aromatic heterocycles. The minimum Gasteiger partial charge on any atom is -0.451 e. The van der Waals surface area contributed by atoms with Gasteiger partial charge in [-0.25, -0.2) is 4.79 Å². The third kappa shape index (κ3) is 3.07. The summed E-state index contributed by atoms with van der Waals surface area (Å²) in [5, 5.41) is 3.22. The average molecular weight is 275 g/mol. The van der Waals surface area contributed by atoms with Crippen LogP contribution in [0.5, 0.6) is 0 Å². The first-order chi connectivity index (χ1) is 9.67. The Kier molecular flexibility index (Phi) is 4.90. The predicted molar refractivity (Wildman–Crippen MR) is 76.4 cm³/mol. The Morgan fingerprint density at radius 3 is 2.80 bits per heavy atom. The molecule has 0 spiro atoms. The van der Waals surface area contributed by atoms with Crippen molar-refractivity contribution in [2.24, 2.45) is 0 Å². The van der Waals surface area contributed by atoms with E-state index in [-0.39, 0.29) is 11.8 Å². The molecule has 0 bridgehead atoms. The first kappa shape index (κ1) is 14.7. The van der Waals surface area contributed by atoms with Gasteiger partial charge >= 0.3 is 5.97 Å². The number of rotatable bonds is 6. The van der Waals surface area contributed by atoms with Crippen LogP contribution in [0.4, 0.5) is 0 Å². The van der Waals surface area contributed by atoms with Crippen molar-refractivity contribution < 1.29 is 14.3 Å². The summed E-state index contributed by atoms with van der Waals surface area (Å²) in [4.78, 5) is 24.2. The number of ether oxygens (including phenoxy) is 1. The topological polar surface area (TPSA) is 55.4 Å². The van der Waals surface area contributed by atoms with Crippen LogP contribution < -0.4 is 5.32 Å². The second-order valence-corrected chi connectivity index (χ2v) is 5.07. The standard InChI is InChI=1S/C16H21NO3/c1-3-6-14(18)15(4-2)20-16(19)12-8-5-7-11-9-17-10-13(11)12/h5,7-8,15,17H,3-4,6,9-10H2,1-2H3. The molecule has 1 aliphatic heterocycles. The molecule has 0 amide bonds. The summed E-state index contributed by atoms with van der Waals surface area (Å²) >= 11 is 0. The highest BCUT2D eigenvalue weighted by Gasteiger charge is 2.24. The second kappa shape index (κ2) is 6.66. The highest BCUT2D eigenvalue weighted by atomic mass is 16.5. The number of benzene rings is 1. The van der Waals surface area contributed by atoms with Gasteiger partial charge in [-0.3, -0.25) is 4.79 Å². The molecule has 0 radical (unpaired) electrons. The monoisotopic (exact) mass is 275 g/mol. The van der Waals surface area contributed by atoms with Gasteiger partial charge in [-0.05, 0) is 30.0 Å². The number of hydrogen-bond acceptors (Lipinski definition) is 4. The molecular formula is C16H21NO3. The fraction of sp³-hybridized carbons (Fsp3) is 0.500. The Hall–Kier alpha value is -1.68. The zero-order valence-corrected chi connectivity index (χ0v) is 12.1. The summed E-state index contributed by atoms with van der Waals surface area (Å²) in [6.07, 6.45) is 1.14. The minimum atomic E-state index is -0.618. The number of esters is 1. The van der Waals surface area contributed by atoms with Crippen LogP contribution in [0.1, 0.15) is 54.6 Å². The smallest absolute Gasteiger partial charge is 0.339 e. The van der Waals surface area contributed by atoms with E-state index < -0.39 is 6.10 Å². The summed E-state index contributed by atoms with van der Waals surface area (Å²) in [5.74, 6) is -0.379. The van der Waals surface area contributed by atoms with Gasteiger partial charge in [0.05, 0.1) is 5.56 Å². The van der Waals surface area contributed by atoms with Crippen LogP contribution in [0.2, 0.25) is 0 Å². The number of nitrogens with one attached hydrogen (secondary N) is 1. The molecule has 1 heterocycles. The van der Waals surface area contributed by atoms with Crippen molar-refractivity contribution in [3.63, 3.8) is 0 Å². The number of ketones is 1. The molecule has 1 aromatic carbocycles. The summed E-state index contributed by atoms with van der Waals surface area (Å²) < 4.78 is 5.41. The Morgan fingerprint density at radius 1 is 1.30 bits per heavy atom. The van der Waals surface area contributed by atoms with Crippen molar-refractivity contribution in [2.45, 2.75) is 52.3 Å². The van der Waals surface area contributed by atoms with E-state index in [9.17, 15) is 9.59 Å². The maximum absolute atomic E-state index is 12.3. The summed E-state index contributed by atoms with van der Waals surface area (Å²) in [6, 6.07) is 5.63. The lowest BCUT2D eigenvalue weighted by Gasteiger charge is -2.16. The van der Waals surface area contributed by atoms with Crippen LogP contribution in [-0.4, -0.2) is 17.9 Å². The van der Waals surface area contributed by atoms with E-state index in [1.165, 1.54) is 0 Å². The second-order valence-electron chi connectivity index (χ2n) is 5.07. The van der Waals surface area contributed by atoms with E-state index in [0.717, 1.165) is 24.1 Å². The third-order valence-electron chi connectivity index (χ3n) is 3.59. The first-order valence-corrected chi connectivity index (χ1v) is 7.22. The highest BCUT2D eigenvalue weighted by molar-refractivity contribution is 5.94. The van der Waals surface area contributed by atoms with Gasteiger partial charge in [-0.1, -0.05) is 26.0 Å². The molecule has 0 saturated carbocycles. The Morgan fingerprint density at radius 2 is 2.10 bits per heavy atom. The molecule has 1 N–H and O–H groups in total. The quantitative estimate of drug-likeness (QED) is 0.811. The number of Topliss-reactive ketones (excluding diaryl/α,β-unsaturated/α-hetero) is 1. The van der Waals surface area contributed by atoms with Crippen molar-refractivity contribution >= 4 is 11.8 Å². The molecule has 0 saturated heterocycles. The zero-order chi connectivity index (χ0) is 14.5. The van der Waals surface area contributed by atoms with Gasteiger partial charge in [-0.2, -0.15) is 0 Å². The fourth-order valence-corrected chi connectivity index (χ4v) is 2.50. The van der Waals surface area contributed by atoms with Crippen LogP contribution in [-0.2, 0) is 22.6 Å². The number of fused-ring (bicyclic) bond motifs is 1. The van der Waals surface area contributed by atoms with Crippen molar-refractivity contribution in [1.82, 2.24) is 5.32 Å². The lowest BCUT2D eigenvalue weighted by molar-refractivity contribution is -0.127. The van der Waals surface area contributed by atoms with Gasteiger partial charge in [-0.15, -0.1) is 0 Å². The molecule has 108 valence electrons. The lowest BCUT2D eigenvalue weighted by atomic mass is 10.0. The van der Waals surface area contributed by atoms with E-state index in [1.54, 1.807) is 6.07 Å². The van der Waals surface area contributed by atoms with E-state index in [0.29, 0.717) is 24.9 Å². The van der Waals surface area contributed by atoms with Gasteiger partial charge < -0.3 is 10.1 Å². The Labute approximate surface area is 119 Å². The van der Waals surface area contributed by atoms with Gasteiger partial charge in [0.15, 0.2) is 11.9 Å². The predicted octanol–water partition coefficient (Wildman–Crippen LogP) is 2.59. The molecule has 20 heavy (non-hydrogen) atoms. The number of carbonyl (C=O) groups excluding carboxylic acids is 2. The minimum absolute atomic E-state index is 0.00838. The van der Waals surface area contributed by atoms with Crippen LogP contribution in [0.15, 0.2) is 18.2 Å². The first-order valence-electron chi connectivity index (χ1n) is 7.22. The average Bonchev–Trinajstić information content (AvgIpc) is 2.92. The normalized spacial score (nSPS) is 14.7. The van der Waals surface area contributed by atoms with Crippen molar-refractivity contribution in [1.29, 1.82) is 0 Å². The van der Waals surface area contributed by atoms with Crippen LogP contribution in [0, 0.1) is 0 Å². The van der Waals surface area contributed by atoms with E-state index >= 15 is 0 Å². The number of carbonyl (C=O) groups is 2. The molecule has 0 fully saturated rings. The maximum atomic E-state index is 12.3.